The van der Waals surface area contributed by atoms with Crippen molar-refractivity contribution < 1.29 is 9.53 Å². The van der Waals surface area contributed by atoms with Crippen LogP contribution in [0.15, 0.2) is 41.8 Å². The smallest absolute Gasteiger partial charge is 0.258 e. The van der Waals surface area contributed by atoms with Crippen LogP contribution in [-0.4, -0.2) is 12.5 Å². The summed E-state index contributed by atoms with van der Waals surface area (Å²) in [5, 5.41) is 13.5. The monoisotopic (exact) mass is 286 g/mol. The molecule has 2 aromatic rings. The second-order valence-electron chi connectivity index (χ2n) is 4.23. The molecule has 0 radical (unpaired) electrons. The highest BCUT2D eigenvalue weighted by molar-refractivity contribution is 7.10. The largest absolute Gasteiger partial charge is 0.484 e. The molecule has 1 atom stereocenters. The van der Waals surface area contributed by atoms with E-state index in [2.05, 4.69) is 5.32 Å². The van der Waals surface area contributed by atoms with E-state index in [1.54, 1.807) is 35.6 Å². The first-order valence-electron chi connectivity index (χ1n) is 6.15. The normalized spacial score (nSPS) is 11.4. The zero-order valence-corrected chi connectivity index (χ0v) is 11.8. The molecule has 0 spiro atoms. The van der Waals surface area contributed by atoms with Crippen molar-refractivity contribution in [2.24, 2.45) is 0 Å². The minimum Gasteiger partial charge on any atom is -0.484 e. The lowest BCUT2D eigenvalue weighted by Gasteiger charge is -2.12. The van der Waals surface area contributed by atoms with Crippen LogP contribution in [0.2, 0.25) is 0 Å². The van der Waals surface area contributed by atoms with Crippen molar-refractivity contribution in [1.82, 2.24) is 5.32 Å². The molecule has 0 saturated heterocycles. The lowest BCUT2D eigenvalue weighted by Crippen LogP contribution is -2.30. The van der Waals surface area contributed by atoms with Crippen LogP contribution in [0.25, 0.3) is 0 Å². The quantitative estimate of drug-likeness (QED) is 0.919. The van der Waals surface area contributed by atoms with Gasteiger partial charge in [0.2, 0.25) is 0 Å². The zero-order valence-electron chi connectivity index (χ0n) is 11.0. The van der Waals surface area contributed by atoms with Gasteiger partial charge in [0.05, 0.1) is 17.7 Å². The SMILES string of the molecule is CC(NC(=O)COc1ccc(C#N)cc1)c1cccs1. The Kier molecular flexibility index (Phi) is 4.75. The lowest BCUT2D eigenvalue weighted by atomic mass is 10.2. The molecule has 1 heterocycles. The molecule has 2 rings (SSSR count). The first kappa shape index (κ1) is 14.1. The first-order chi connectivity index (χ1) is 9.69. The van der Waals surface area contributed by atoms with E-state index in [1.807, 2.05) is 30.5 Å². The van der Waals surface area contributed by atoms with E-state index in [0.29, 0.717) is 11.3 Å². The maximum atomic E-state index is 11.8. The van der Waals surface area contributed by atoms with E-state index in [-0.39, 0.29) is 18.6 Å². The Morgan fingerprint density at radius 1 is 1.40 bits per heavy atom. The predicted octanol–water partition coefficient (Wildman–Crippen LogP) is 2.88. The van der Waals surface area contributed by atoms with Crippen LogP contribution < -0.4 is 10.1 Å². The summed E-state index contributed by atoms with van der Waals surface area (Å²) in [6.07, 6.45) is 0. The summed E-state index contributed by atoms with van der Waals surface area (Å²) in [7, 11) is 0. The van der Waals surface area contributed by atoms with Gasteiger partial charge in [0, 0.05) is 4.88 Å². The minimum atomic E-state index is -0.171. The molecule has 1 aromatic heterocycles. The number of carbonyl (C=O) groups excluding carboxylic acids is 1. The van der Waals surface area contributed by atoms with E-state index < -0.39 is 0 Å². The summed E-state index contributed by atoms with van der Waals surface area (Å²) in [4.78, 5) is 12.9. The molecule has 1 unspecified atom stereocenters. The van der Waals surface area contributed by atoms with Gasteiger partial charge in [-0.15, -0.1) is 11.3 Å². The van der Waals surface area contributed by atoms with E-state index in [4.69, 9.17) is 10.00 Å². The van der Waals surface area contributed by atoms with Crippen molar-refractivity contribution >= 4 is 17.2 Å². The van der Waals surface area contributed by atoms with Gasteiger partial charge < -0.3 is 10.1 Å². The second-order valence-corrected chi connectivity index (χ2v) is 5.21. The Hall–Kier alpha value is -2.32. The number of thiophene rings is 1. The average molecular weight is 286 g/mol. The number of nitriles is 1. The van der Waals surface area contributed by atoms with E-state index in [0.717, 1.165) is 4.88 Å². The van der Waals surface area contributed by atoms with E-state index >= 15 is 0 Å². The van der Waals surface area contributed by atoms with Crippen LogP contribution in [0.5, 0.6) is 5.75 Å². The van der Waals surface area contributed by atoms with E-state index in [1.165, 1.54) is 0 Å². The number of ether oxygens (including phenoxy) is 1. The fraction of sp³-hybridized carbons (Fsp3) is 0.200. The van der Waals surface area contributed by atoms with Crippen LogP contribution in [0.4, 0.5) is 0 Å². The highest BCUT2D eigenvalue weighted by atomic mass is 32.1. The van der Waals surface area contributed by atoms with Gasteiger partial charge in [0.1, 0.15) is 5.75 Å². The number of nitrogens with one attached hydrogen (secondary N) is 1. The molecule has 1 N–H and O–H groups in total. The summed E-state index contributed by atoms with van der Waals surface area (Å²) < 4.78 is 5.37. The minimum absolute atomic E-state index is 0.0212. The molecule has 5 heteroatoms. The molecule has 4 nitrogen and oxygen atoms in total. The van der Waals surface area contributed by atoms with Crippen LogP contribution in [0.3, 0.4) is 0 Å². The number of carbonyl (C=O) groups is 1. The van der Waals surface area contributed by atoms with Crippen molar-refractivity contribution in [3.05, 3.63) is 52.2 Å². The summed E-state index contributed by atoms with van der Waals surface area (Å²) in [6, 6.07) is 12.6. The number of nitrogens with zero attached hydrogens (tertiary/aromatic N) is 1. The Morgan fingerprint density at radius 3 is 2.75 bits per heavy atom. The molecule has 0 bridgehead atoms. The van der Waals surface area contributed by atoms with Crippen LogP contribution >= 0.6 is 11.3 Å². The fourth-order valence-electron chi connectivity index (χ4n) is 1.67. The molecular formula is C15H14N2O2S. The number of hydrogen-bond donors (Lipinski definition) is 1. The third kappa shape index (κ3) is 3.84. The molecule has 0 fully saturated rings. The Bertz CT molecular complexity index is 600. The Morgan fingerprint density at radius 2 is 2.15 bits per heavy atom. The molecule has 102 valence electrons. The van der Waals surface area contributed by atoms with Crippen LogP contribution in [0.1, 0.15) is 23.4 Å². The molecule has 20 heavy (non-hydrogen) atoms. The molecule has 0 saturated carbocycles. The maximum Gasteiger partial charge on any atom is 0.258 e. The number of rotatable bonds is 5. The van der Waals surface area contributed by atoms with Crippen molar-refractivity contribution in [2.75, 3.05) is 6.61 Å². The number of benzene rings is 1. The lowest BCUT2D eigenvalue weighted by molar-refractivity contribution is -0.123. The summed E-state index contributed by atoms with van der Waals surface area (Å²) in [6.45, 7) is 1.90. The van der Waals surface area contributed by atoms with Crippen molar-refractivity contribution in [3.63, 3.8) is 0 Å². The van der Waals surface area contributed by atoms with Crippen LogP contribution in [-0.2, 0) is 4.79 Å². The van der Waals surface area contributed by atoms with Crippen molar-refractivity contribution in [1.29, 1.82) is 5.26 Å². The molecule has 1 amide bonds. The van der Waals surface area contributed by atoms with Crippen molar-refractivity contribution in [3.8, 4) is 11.8 Å². The Balaban J connectivity index is 1.81. The molecule has 0 aliphatic heterocycles. The van der Waals surface area contributed by atoms with Gasteiger partial charge in [-0.25, -0.2) is 0 Å². The highest BCUT2D eigenvalue weighted by Gasteiger charge is 2.10. The Labute approximate surface area is 121 Å². The van der Waals surface area contributed by atoms with Gasteiger partial charge in [-0.1, -0.05) is 6.07 Å². The molecule has 0 aliphatic rings. The fourth-order valence-corrected chi connectivity index (χ4v) is 2.40. The van der Waals surface area contributed by atoms with Crippen molar-refractivity contribution in [2.45, 2.75) is 13.0 Å². The topological polar surface area (TPSA) is 62.1 Å². The first-order valence-corrected chi connectivity index (χ1v) is 7.02. The second kappa shape index (κ2) is 6.73. The van der Waals surface area contributed by atoms with Gasteiger partial charge >= 0.3 is 0 Å². The van der Waals surface area contributed by atoms with Gasteiger partial charge in [-0.3, -0.25) is 4.79 Å². The maximum absolute atomic E-state index is 11.8. The third-order valence-electron chi connectivity index (χ3n) is 2.70. The third-order valence-corrected chi connectivity index (χ3v) is 3.76. The van der Waals surface area contributed by atoms with Gasteiger partial charge in [-0.2, -0.15) is 5.26 Å². The van der Waals surface area contributed by atoms with Gasteiger partial charge in [0.25, 0.3) is 5.91 Å². The molecular weight excluding hydrogens is 272 g/mol. The van der Waals surface area contributed by atoms with Crippen LogP contribution in [0, 0.1) is 11.3 Å². The number of hydrogen-bond acceptors (Lipinski definition) is 4. The summed E-state index contributed by atoms with van der Waals surface area (Å²) >= 11 is 1.61. The highest BCUT2D eigenvalue weighted by Crippen LogP contribution is 2.18. The van der Waals surface area contributed by atoms with Gasteiger partial charge in [-0.05, 0) is 42.6 Å². The number of amides is 1. The van der Waals surface area contributed by atoms with E-state index in [9.17, 15) is 4.79 Å². The van der Waals surface area contributed by atoms with Gasteiger partial charge in [0.15, 0.2) is 6.61 Å². The average Bonchev–Trinajstić information content (AvgIpc) is 3.00. The summed E-state index contributed by atoms with van der Waals surface area (Å²) in [5.41, 5.74) is 0.563. The molecule has 0 aliphatic carbocycles. The molecule has 1 aromatic carbocycles. The standard InChI is InChI=1S/C15H14N2O2S/c1-11(14-3-2-8-20-14)17-15(18)10-19-13-6-4-12(9-16)5-7-13/h2-8,11H,10H2,1H3,(H,17,18). The summed E-state index contributed by atoms with van der Waals surface area (Å²) in [5.74, 6) is 0.401. The zero-order chi connectivity index (χ0) is 14.4. The predicted molar refractivity (Wildman–Crippen MR) is 77.5 cm³/mol.